The minimum atomic E-state index is 0.201. The van der Waals surface area contributed by atoms with Gasteiger partial charge >= 0.3 is 0 Å². The summed E-state index contributed by atoms with van der Waals surface area (Å²) in [5.74, 6) is 0.869. The third-order valence-corrected chi connectivity index (χ3v) is 2.71. The zero-order chi connectivity index (χ0) is 13.6. The molecule has 4 heteroatoms. The zero-order valence-corrected chi connectivity index (χ0v) is 12.4. The van der Waals surface area contributed by atoms with Crippen molar-refractivity contribution in [3.63, 3.8) is 0 Å². The fourth-order valence-electron chi connectivity index (χ4n) is 1.72. The predicted molar refractivity (Wildman–Crippen MR) is 75.0 cm³/mol. The third-order valence-electron chi connectivity index (χ3n) is 2.71. The van der Waals surface area contributed by atoms with Gasteiger partial charge in [0.1, 0.15) is 0 Å². The van der Waals surface area contributed by atoms with E-state index in [1.807, 2.05) is 10.9 Å². The van der Waals surface area contributed by atoms with E-state index in [1.165, 1.54) is 0 Å². The number of aryl methyl sites for hydroxylation is 1. The van der Waals surface area contributed by atoms with E-state index in [0.29, 0.717) is 0 Å². The van der Waals surface area contributed by atoms with Crippen molar-refractivity contribution >= 4 is 0 Å². The van der Waals surface area contributed by atoms with Crippen LogP contribution in [0.2, 0.25) is 0 Å². The Kier molecular flexibility index (Phi) is 5.66. The Bertz CT molecular complexity index is 341. The summed E-state index contributed by atoms with van der Waals surface area (Å²) >= 11 is 0. The number of nitrogens with one attached hydrogen (secondary N) is 1. The van der Waals surface area contributed by atoms with Crippen molar-refractivity contribution in [3.05, 3.63) is 12.4 Å². The highest BCUT2D eigenvalue weighted by molar-refractivity contribution is 5.11. The van der Waals surface area contributed by atoms with Gasteiger partial charge in [-0.05, 0) is 54.0 Å². The third kappa shape index (κ3) is 6.05. The van der Waals surface area contributed by atoms with E-state index >= 15 is 0 Å². The van der Waals surface area contributed by atoms with Gasteiger partial charge in [-0.15, -0.1) is 0 Å². The lowest BCUT2D eigenvalue weighted by Crippen LogP contribution is -2.36. The highest BCUT2D eigenvalue weighted by atomic mass is 16.5. The molecule has 0 aromatic carbocycles. The normalized spacial score (nSPS) is 13.6. The second kappa shape index (κ2) is 6.78. The molecule has 0 fully saturated rings. The van der Waals surface area contributed by atoms with E-state index < -0.39 is 0 Å². The molecule has 1 N–H and O–H groups in total. The molecule has 1 heterocycles. The minimum Gasteiger partial charge on any atom is -0.487 e. The molecule has 0 saturated carbocycles. The number of ether oxygens (including phenoxy) is 1. The van der Waals surface area contributed by atoms with Gasteiger partial charge in [-0.2, -0.15) is 5.10 Å². The van der Waals surface area contributed by atoms with Crippen LogP contribution < -0.4 is 10.1 Å². The summed E-state index contributed by atoms with van der Waals surface area (Å²) in [5, 5.41) is 7.68. The fourth-order valence-corrected chi connectivity index (χ4v) is 1.72. The van der Waals surface area contributed by atoms with Crippen LogP contribution in [0.1, 0.15) is 47.5 Å². The summed E-state index contributed by atoms with van der Waals surface area (Å²) < 4.78 is 7.70. The van der Waals surface area contributed by atoms with Gasteiger partial charge in [0, 0.05) is 12.1 Å². The summed E-state index contributed by atoms with van der Waals surface area (Å²) in [7, 11) is 0. The average Bonchev–Trinajstić information content (AvgIpc) is 2.71. The summed E-state index contributed by atoms with van der Waals surface area (Å²) in [6.07, 6.45) is 6.15. The zero-order valence-electron chi connectivity index (χ0n) is 12.4. The summed E-state index contributed by atoms with van der Waals surface area (Å²) in [5.41, 5.74) is 0.201. The maximum absolute atomic E-state index is 5.82. The molecule has 0 aliphatic heterocycles. The predicted octanol–water partition coefficient (Wildman–Crippen LogP) is 2.84. The first kappa shape index (κ1) is 15.0. The van der Waals surface area contributed by atoms with Crippen molar-refractivity contribution in [3.8, 4) is 5.75 Å². The molecule has 0 amide bonds. The van der Waals surface area contributed by atoms with Crippen LogP contribution in [0, 0.1) is 0 Å². The maximum atomic E-state index is 5.82. The van der Waals surface area contributed by atoms with Crippen LogP contribution >= 0.6 is 0 Å². The number of hydrogen-bond acceptors (Lipinski definition) is 3. The molecule has 18 heavy (non-hydrogen) atoms. The standard InChI is InChI=1S/C14H27N3O/c1-6-17-11-13(10-16-17)18-12(2)8-7-9-15-14(3,4)5/h10-12,15H,6-9H2,1-5H3. The molecule has 1 rings (SSSR count). The summed E-state index contributed by atoms with van der Waals surface area (Å²) in [6.45, 7) is 12.7. The van der Waals surface area contributed by atoms with Crippen LogP contribution in [-0.2, 0) is 6.54 Å². The van der Waals surface area contributed by atoms with E-state index in [1.54, 1.807) is 6.20 Å². The van der Waals surface area contributed by atoms with Gasteiger partial charge in [-0.25, -0.2) is 0 Å². The topological polar surface area (TPSA) is 39.1 Å². The Morgan fingerprint density at radius 1 is 1.44 bits per heavy atom. The lowest BCUT2D eigenvalue weighted by Gasteiger charge is -2.21. The van der Waals surface area contributed by atoms with E-state index in [0.717, 1.165) is 31.7 Å². The first-order chi connectivity index (χ1) is 8.40. The van der Waals surface area contributed by atoms with Crippen LogP contribution in [0.15, 0.2) is 12.4 Å². The molecule has 1 aromatic rings. The molecule has 104 valence electrons. The largest absolute Gasteiger partial charge is 0.487 e. The molecule has 0 aliphatic carbocycles. The molecule has 1 aromatic heterocycles. The second-order valence-electron chi connectivity index (χ2n) is 5.78. The highest BCUT2D eigenvalue weighted by Crippen LogP contribution is 2.13. The van der Waals surface area contributed by atoms with Gasteiger partial charge in [-0.3, -0.25) is 4.68 Å². The van der Waals surface area contributed by atoms with Crippen molar-refractivity contribution in [2.75, 3.05) is 6.54 Å². The Labute approximate surface area is 111 Å². The maximum Gasteiger partial charge on any atom is 0.157 e. The molecule has 1 unspecified atom stereocenters. The highest BCUT2D eigenvalue weighted by Gasteiger charge is 2.09. The van der Waals surface area contributed by atoms with Gasteiger partial charge in [0.2, 0.25) is 0 Å². The lowest BCUT2D eigenvalue weighted by atomic mass is 10.1. The van der Waals surface area contributed by atoms with Crippen molar-refractivity contribution in [1.82, 2.24) is 15.1 Å². The molecule has 0 spiro atoms. The quantitative estimate of drug-likeness (QED) is 0.759. The van der Waals surface area contributed by atoms with Crippen LogP contribution in [-0.4, -0.2) is 28.0 Å². The van der Waals surface area contributed by atoms with Crippen molar-refractivity contribution in [1.29, 1.82) is 0 Å². The minimum absolute atomic E-state index is 0.201. The Morgan fingerprint density at radius 2 is 2.17 bits per heavy atom. The summed E-state index contributed by atoms with van der Waals surface area (Å²) in [6, 6.07) is 0. The fraction of sp³-hybridized carbons (Fsp3) is 0.786. The molecular formula is C14H27N3O. The lowest BCUT2D eigenvalue weighted by molar-refractivity contribution is 0.205. The molecule has 0 aliphatic rings. The first-order valence-corrected chi connectivity index (χ1v) is 6.85. The SMILES string of the molecule is CCn1cc(OC(C)CCCNC(C)(C)C)cn1. The van der Waals surface area contributed by atoms with E-state index in [-0.39, 0.29) is 11.6 Å². The van der Waals surface area contributed by atoms with Gasteiger partial charge in [0.25, 0.3) is 0 Å². The van der Waals surface area contributed by atoms with Gasteiger partial charge in [0.15, 0.2) is 5.75 Å². The van der Waals surface area contributed by atoms with Gasteiger partial charge in [-0.1, -0.05) is 0 Å². The molecule has 1 atom stereocenters. The van der Waals surface area contributed by atoms with Crippen LogP contribution in [0.4, 0.5) is 0 Å². The Hall–Kier alpha value is -1.03. The molecule has 0 bridgehead atoms. The average molecular weight is 253 g/mol. The van der Waals surface area contributed by atoms with Crippen molar-refractivity contribution < 1.29 is 4.74 Å². The summed E-state index contributed by atoms with van der Waals surface area (Å²) in [4.78, 5) is 0. The molecule has 4 nitrogen and oxygen atoms in total. The van der Waals surface area contributed by atoms with Crippen LogP contribution in [0.25, 0.3) is 0 Å². The number of hydrogen-bond donors (Lipinski definition) is 1. The second-order valence-corrected chi connectivity index (χ2v) is 5.78. The number of rotatable bonds is 7. The van der Waals surface area contributed by atoms with Gasteiger partial charge < -0.3 is 10.1 Å². The molecule has 0 saturated heterocycles. The Morgan fingerprint density at radius 3 is 2.72 bits per heavy atom. The monoisotopic (exact) mass is 253 g/mol. The Balaban J connectivity index is 2.19. The van der Waals surface area contributed by atoms with Crippen LogP contribution in [0.5, 0.6) is 5.75 Å². The number of aromatic nitrogens is 2. The van der Waals surface area contributed by atoms with Crippen LogP contribution in [0.3, 0.4) is 0 Å². The number of nitrogens with zero attached hydrogens (tertiary/aromatic N) is 2. The van der Waals surface area contributed by atoms with Crippen molar-refractivity contribution in [2.45, 2.75) is 65.6 Å². The molecule has 0 radical (unpaired) electrons. The molecular weight excluding hydrogens is 226 g/mol. The first-order valence-electron chi connectivity index (χ1n) is 6.85. The van der Waals surface area contributed by atoms with E-state index in [9.17, 15) is 0 Å². The smallest absolute Gasteiger partial charge is 0.157 e. The van der Waals surface area contributed by atoms with E-state index in [4.69, 9.17) is 4.74 Å². The van der Waals surface area contributed by atoms with Gasteiger partial charge in [0.05, 0.1) is 18.5 Å². The van der Waals surface area contributed by atoms with E-state index in [2.05, 4.69) is 45.0 Å². The van der Waals surface area contributed by atoms with Crippen molar-refractivity contribution in [2.24, 2.45) is 0 Å².